The maximum absolute atomic E-state index is 14.9. The minimum atomic E-state index is -4.67. The first-order valence-corrected chi connectivity index (χ1v) is 19.0. The van der Waals surface area contributed by atoms with Gasteiger partial charge in [0.05, 0.1) is 22.6 Å². The second kappa shape index (κ2) is 17.1. The number of methoxy groups -OCH3 is 1. The van der Waals surface area contributed by atoms with Crippen LogP contribution in [0.2, 0.25) is 5.02 Å². The van der Waals surface area contributed by atoms with E-state index in [0.717, 1.165) is 59.2 Å². The zero-order valence-corrected chi connectivity index (χ0v) is 31.0. The number of benzene rings is 4. The molecule has 0 aliphatic heterocycles. The molecule has 13 heteroatoms. The molecule has 1 unspecified atom stereocenters. The van der Waals surface area contributed by atoms with Gasteiger partial charge in [0.1, 0.15) is 18.3 Å². The Labute approximate surface area is 309 Å². The van der Waals surface area contributed by atoms with Gasteiger partial charge in [-0.25, -0.2) is 8.42 Å². The van der Waals surface area contributed by atoms with Gasteiger partial charge in [-0.3, -0.25) is 24.0 Å². The maximum Gasteiger partial charge on any atom is 0.273 e. The van der Waals surface area contributed by atoms with E-state index in [1.54, 1.807) is 0 Å². The highest BCUT2D eigenvalue weighted by Gasteiger charge is 2.37. The SMILES string of the molecule is COc1ccc(Cl)cc1N(CC(=O)N(Cc1ccccc1C)C(Cc1ccccc1)C(=O)NC1CCCCC1)S(=O)(=O)c1ccc(C)c([N+](=O)[O-])c1. The lowest BCUT2D eigenvalue weighted by Gasteiger charge is -2.35. The Morgan fingerprint density at radius 2 is 1.63 bits per heavy atom. The fourth-order valence-corrected chi connectivity index (χ4v) is 8.12. The van der Waals surface area contributed by atoms with Crippen LogP contribution in [0.4, 0.5) is 11.4 Å². The molecular formula is C39H43ClN4O7S. The number of nitrogens with zero attached hydrogens (tertiary/aromatic N) is 3. The molecule has 5 rings (SSSR count). The first kappa shape index (κ1) is 38.3. The van der Waals surface area contributed by atoms with Gasteiger partial charge in [-0.15, -0.1) is 0 Å². The molecule has 52 heavy (non-hydrogen) atoms. The van der Waals surface area contributed by atoms with Crippen molar-refractivity contribution < 1.29 is 27.7 Å². The van der Waals surface area contributed by atoms with E-state index in [2.05, 4.69) is 5.32 Å². The molecule has 1 aliphatic carbocycles. The third kappa shape index (κ3) is 9.10. The van der Waals surface area contributed by atoms with Crippen molar-refractivity contribution in [1.29, 1.82) is 0 Å². The Morgan fingerprint density at radius 3 is 2.31 bits per heavy atom. The Kier molecular flexibility index (Phi) is 12.6. The number of sulfonamides is 1. The van der Waals surface area contributed by atoms with Gasteiger partial charge in [0.15, 0.2) is 0 Å². The van der Waals surface area contributed by atoms with Gasteiger partial charge in [-0.1, -0.05) is 91.5 Å². The van der Waals surface area contributed by atoms with E-state index in [1.807, 2.05) is 61.5 Å². The molecule has 4 aromatic carbocycles. The number of aryl methyl sites for hydroxylation is 2. The Balaban J connectivity index is 1.64. The van der Waals surface area contributed by atoms with Crippen LogP contribution in [-0.4, -0.2) is 55.8 Å². The number of anilines is 1. The van der Waals surface area contributed by atoms with E-state index in [1.165, 1.54) is 49.3 Å². The highest BCUT2D eigenvalue weighted by Crippen LogP contribution is 2.36. The molecule has 1 aliphatic rings. The highest BCUT2D eigenvalue weighted by molar-refractivity contribution is 7.92. The standard InChI is InChI=1S/C39H43ClN4O7S/c1-27-12-10-11-15-30(27)25-42(36(22-29-13-6-4-7-14-29)39(46)41-32-16-8-5-9-17-32)38(45)26-43(35-23-31(40)19-21-37(35)51-3)52(49,50)33-20-18-28(2)34(24-33)44(47)48/h4,6-7,10-15,18-21,23-24,32,36H,5,8-9,16-17,22,25-26H2,1-3H3,(H,41,46). The topological polar surface area (TPSA) is 139 Å². The second-order valence-corrected chi connectivity index (χ2v) is 15.3. The number of nitro benzene ring substituents is 1. The molecule has 0 spiro atoms. The van der Waals surface area contributed by atoms with Gasteiger partial charge in [-0.2, -0.15) is 0 Å². The first-order chi connectivity index (χ1) is 24.9. The number of carbonyl (C=O) groups excluding carboxylic acids is 2. The molecule has 1 fully saturated rings. The van der Waals surface area contributed by atoms with E-state index in [0.29, 0.717) is 0 Å². The van der Waals surface area contributed by atoms with E-state index in [4.69, 9.17) is 16.3 Å². The van der Waals surface area contributed by atoms with Crippen LogP contribution in [0.3, 0.4) is 0 Å². The van der Waals surface area contributed by atoms with Crippen molar-refractivity contribution in [2.75, 3.05) is 18.0 Å². The van der Waals surface area contributed by atoms with E-state index in [9.17, 15) is 28.1 Å². The quantitative estimate of drug-likeness (QED) is 0.107. The van der Waals surface area contributed by atoms with Crippen molar-refractivity contribution in [1.82, 2.24) is 10.2 Å². The molecule has 4 aromatic rings. The van der Waals surface area contributed by atoms with Crippen molar-refractivity contribution in [3.8, 4) is 5.75 Å². The number of nitro groups is 1. The number of hydrogen-bond donors (Lipinski definition) is 1. The molecule has 0 radical (unpaired) electrons. The van der Waals surface area contributed by atoms with Crippen molar-refractivity contribution in [3.63, 3.8) is 0 Å². The van der Waals surface area contributed by atoms with E-state index >= 15 is 0 Å². The summed E-state index contributed by atoms with van der Waals surface area (Å²) < 4.78 is 35.5. The van der Waals surface area contributed by atoms with Gasteiger partial charge >= 0.3 is 0 Å². The molecular weight excluding hydrogens is 704 g/mol. The fourth-order valence-electron chi connectivity index (χ4n) is 6.51. The largest absolute Gasteiger partial charge is 0.495 e. The number of ether oxygens (including phenoxy) is 1. The summed E-state index contributed by atoms with van der Waals surface area (Å²) in [5.74, 6) is -0.902. The summed E-state index contributed by atoms with van der Waals surface area (Å²) in [5.41, 5.74) is 2.32. The number of carbonyl (C=O) groups is 2. The predicted molar refractivity (Wildman–Crippen MR) is 201 cm³/mol. The van der Waals surface area contributed by atoms with Crippen LogP contribution in [0.5, 0.6) is 5.75 Å². The van der Waals surface area contributed by atoms with Crippen LogP contribution >= 0.6 is 11.6 Å². The van der Waals surface area contributed by atoms with Crippen LogP contribution < -0.4 is 14.4 Å². The molecule has 274 valence electrons. The van der Waals surface area contributed by atoms with Crippen LogP contribution in [-0.2, 0) is 32.6 Å². The lowest BCUT2D eigenvalue weighted by atomic mass is 9.94. The number of hydrogen-bond acceptors (Lipinski definition) is 7. The third-order valence-electron chi connectivity index (χ3n) is 9.48. The molecule has 0 bridgehead atoms. The average molecular weight is 747 g/mol. The summed E-state index contributed by atoms with van der Waals surface area (Å²) >= 11 is 6.39. The summed E-state index contributed by atoms with van der Waals surface area (Å²) in [5, 5.41) is 15.2. The number of rotatable bonds is 14. The van der Waals surface area contributed by atoms with Gasteiger partial charge in [0.2, 0.25) is 11.8 Å². The molecule has 1 atom stereocenters. The lowest BCUT2D eigenvalue weighted by molar-refractivity contribution is -0.385. The maximum atomic E-state index is 14.9. The Morgan fingerprint density at radius 1 is 0.942 bits per heavy atom. The average Bonchev–Trinajstić information content (AvgIpc) is 3.13. The summed E-state index contributed by atoms with van der Waals surface area (Å²) in [4.78, 5) is 41.5. The highest BCUT2D eigenvalue weighted by atomic mass is 35.5. The number of amides is 2. The van der Waals surface area contributed by atoms with Gasteiger partial charge in [-0.05, 0) is 67.6 Å². The van der Waals surface area contributed by atoms with Crippen LogP contribution in [0.1, 0.15) is 54.4 Å². The van der Waals surface area contributed by atoms with Crippen LogP contribution in [0.25, 0.3) is 0 Å². The summed E-state index contributed by atoms with van der Waals surface area (Å²) in [6.45, 7) is 2.65. The zero-order valence-electron chi connectivity index (χ0n) is 29.5. The molecule has 1 N–H and O–H groups in total. The lowest BCUT2D eigenvalue weighted by Crippen LogP contribution is -2.55. The number of nitrogens with one attached hydrogen (secondary N) is 1. The third-order valence-corrected chi connectivity index (χ3v) is 11.5. The van der Waals surface area contributed by atoms with Crippen molar-refractivity contribution in [2.24, 2.45) is 0 Å². The van der Waals surface area contributed by atoms with Gasteiger partial charge in [0.25, 0.3) is 15.7 Å². The minimum Gasteiger partial charge on any atom is -0.495 e. The zero-order chi connectivity index (χ0) is 37.4. The monoisotopic (exact) mass is 746 g/mol. The summed E-state index contributed by atoms with van der Waals surface area (Å²) in [6.07, 6.45) is 4.92. The normalized spacial score (nSPS) is 13.9. The Hall–Kier alpha value is -4.94. The molecule has 1 saturated carbocycles. The van der Waals surface area contributed by atoms with Gasteiger partial charge < -0.3 is 15.0 Å². The smallest absolute Gasteiger partial charge is 0.273 e. The first-order valence-electron chi connectivity index (χ1n) is 17.2. The number of halogens is 1. The van der Waals surface area contributed by atoms with Crippen LogP contribution in [0.15, 0.2) is 95.9 Å². The van der Waals surface area contributed by atoms with Crippen molar-refractivity contribution in [3.05, 3.63) is 128 Å². The second-order valence-electron chi connectivity index (χ2n) is 13.0. The van der Waals surface area contributed by atoms with Gasteiger partial charge in [0, 0.05) is 35.7 Å². The minimum absolute atomic E-state index is 0.0116. The molecule has 2 amide bonds. The van der Waals surface area contributed by atoms with Crippen molar-refractivity contribution in [2.45, 2.75) is 75.9 Å². The summed E-state index contributed by atoms with van der Waals surface area (Å²) in [7, 11) is -3.32. The van der Waals surface area contributed by atoms with E-state index in [-0.39, 0.29) is 46.9 Å². The molecule has 0 saturated heterocycles. The fraction of sp³-hybridized carbons (Fsp3) is 0.333. The summed E-state index contributed by atoms with van der Waals surface area (Å²) in [6, 6.07) is 23.7. The van der Waals surface area contributed by atoms with E-state index < -0.39 is 44.0 Å². The Bertz CT molecular complexity index is 2020. The molecule has 11 nitrogen and oxygen atoms in total. The molecule has 0 heterocycles. The molecule has 0 aromatic heterocycles. The predicted octanol–water partition coefficient (Wildman–Crippen LogP) is 7.16. The van der Waals surface area contributed by atoms with Crippen molar-refractivity contribution >= 4 is 44.8 Å². The van der Waals surface area contributed by atoms with Crippen LogP contribution in [0, 0.1) is 24.0 Å².